The normalized spacial score (nSPS) is 14.4. The molecule has 1 saturated carbocycles. The molecule has 6 heteroatoms. The number of carbonyl (C=O) groups is 2. The third-order valence-corrected chi connectivity index (χ3v) is 5.32. The molecule has 1 aliphatic carbocycles. The van der Waals surface area contributed by atoms with Gasteiger partial charge in [0.25, 0.3) is 0 Å². The lowest BCUT2D eigenvalue weighted by Crippen LogP contribution is -2.36. The lowest BCUT2D eigenvalue weighted by molar-refractivity contribution is -0.127. The van der Waals surface area contributed by atoms with E-state index >= 15 is 0 Å². The van der Waals surface area contributed by atoms with Gasteiger partial charge >= 0.3 is 0 Å². The van der Waals surface area contributed by atoms with Crippen LogP contribution in [0.15, 0.2) is 29.6 Å². The van der Waals surface area contributed by atoms with E-state index in [9.17, 15) is 9.59 Å². The quantitative estimate of drug-likeness (QED) is 0.829. The second-order valence-electron chi connectivity index (χ2n) is 6.34. The number of aryl methyl sites for hydroxylation is 1. The van der Waals surface area contributed by atoms with Crippen molar-refractivity contribution in [2.24, 2.45) is 5.92 Å². The minimum atomic E-state index is -0.242. The summed E-state index contributed by atoms with van der Waals surface area (Å²) >= 11 is 1.39. The Morgan fingerprint density at radius 1 is 1.20 bits per heavy atom. The number of hydrogen-bond donors (Lipinski definition) is 2. The van der Waals surface area contributed by atoms with Crippen LogP contribution in [-0.2, 0) is 16.0 Å². The van der Waals surface area contributed by atoms with Crippen LogP contribution in [0.5, 0.6) is 0 Å². The van der Waals surface area contributed by atoms with Gasteiger partial charge in [0.05, 0.1) is 12.2 Å². The molecule has 0 spiro atoms. The highest BCUT2D eigenvalue weighted by atomic mass is 32.1. The fraction of sp³-hybridized carbons (Fsp3) is 0.421. The number of rotatable bonds is 6. The van der Waals surface area contributed by atoms with Crippen molar-refractivity contribution in [3.05, 3.63) is 35.2 Å². The number of nitrogens with zero attached hydrogens (tertiary/aromatic N) is 1. The topological polar surface area (TPSA) is 71.1 Å². The minimum absolute atomic E-state index is 0.00452. The molecule has 25 heavy (non-hydrogen) atoms. The van der Waals surface area contributed by atoms with Crippen molar-refractivity contribution in [2.75, 3.05) is 11.9 Å². The highest BCUT2D eigenvalue weighted by molar-refractivity contribution is 7.14. The smallest absolute Gasteiger partial charge is 0.245 e. The predicted molar refractivity (Wildman–Crippen MR) is 101 cm³/mol. The zero-order valence-corrected chi connectivity index (χ0v) is 15.2. The van der Waals surface area contributed by atoms with Gasteiger partial charge in [-0.1, -0.05) is 44.0 Å². The highest BCUT2D eigenvalue weighted by Gasteiger charge is 2.22. The van der Waals surface area contributed by atoms with Gasteiger partial charge in [-0.25, -0.2) is 4.98 Å². The van der Waals surface area contributed by atoms with Crippen molar-refractivity contribution in [1.29, 1.82) is 0 Å². The van der Waals surface area contributed by atoms with Gasteiger partial charge in [0.15, 0.2) is 5.13 Å². The second-order valence-corrected chi connectivity index (χ2v) is 7.19. The summed E-state index contributed by atoms with van der Waals surface area (Å²) in [4.78, 5) is 28.4. The van der Waals surface area contributed by atoms with E-state index in [1.807, 2.05) is 17.5 Å². The Morgan fingerprint density at radius 3 is 2.60 bits per heavy atom. The molecular formula is C19H23N3O2S. The van der Waals surface area contributed by atoms with Crippen molar-refractivity contribution < 1.29 is 9.59 Å². The summed E-state index contributed by atoms with van der Waals surface area (Å²) in [6.45, 7) is 2.12. The van der Waals surface area contributed by atoms with Crippen molar-refractivity contribution in [3.8, 4) is 11.3 Å². The number of nitrogens with one attached hydrogen (secondary N) is 2. The Balaban J connectivity index is 1.51. The molecule has 1 aliphatic rings. The number of thiazole rings is 1. The highest BCUT2D eigenvalue weighted by Crippen LogP contribution is 2.26. The lowest BCUT2D eigenvalue weighted by Gasteiger charge is -2.09. The molecule has 132 valence electrons. The summed E-state index contributed by atoms with van der Waals surface area (Å²) in [6.07, 6.45) is 5.07. The fourth-order valence-corrected chi connectivity index (χ4v) is 3.77. The van der Waals surface area contributed by atoms with Crippen LogP contribution in [0.1, 0.15) is 38.2 Å². The predicted octanol–water partition coefficient (Wildman–Crippen LogP) is 3.62. The molecule has 0 atom stereocenters. The molecule has 2 N–H and O–H groups in total. The molecule has 3 rings (SSSR count). The molecule has 2 aromatic rings. The lowest BCUT2D eigenvalue weighted by atomic mass is 10.1. The molecule has 1 aromatic heterocycles. The summed E-state index contributed by atoms with van der Waals surface area (Å²) in [7, 11) is 0. The number of carbonyl (C=O) groups excluding carboxylic acids is 2. The van der Waals surface area contributed by atoms with Crippen LogP contribution >= 0.6 is 11.3 Å². The molecular weight excluding hydrogens is 334 g/mol. The first-order valence-electron chi connectivity index (χ1n) is 8.78. The van der Waals surface area contributed by atoms with E-state index in [-0.39, 0.29) is 24.3 Å². The third-order valence-electron chi connectivity index (χ3n) is 4.56. The Hall–Kier alpha value is -2.21. The zero-order valence-electron chi connectivity index (χ0n) is 14.4. The van der Waals surface area contributed by atoms with Crippen molar-refractivity contribution >= 4 is 28.3 Å². The zero-order chi connectivity index (χ0) is 17.6. The van der Waals surface area contributed by atoms with Crippen molar-refractivity contribution in [3.63, 3.8) is 0 Å². The molecule has 0 radical (unpaired) electrons. The Morgan fingerprint density at radius 2 is 1.92 bits per heavy atom. The molecule has 1 aromatic carbocycles. The van der Waals surface area contributed by atoms with Gasteiger partial charge in [0, 0.05) is 16.9 Å². The van der Waals surface area contributed by atoms with Crippen LogP contribution < -0.4 is 10.6 Å². The standard InChI is InChI=1S/C19H23N3O2S/c1-2-13-7-9-14(10-8-13)16-12-25-19(21-16)22-17(23)11-20-18(24)15-5-3-4-6-15/h7-10,12,15H,2-6,11H2,1H3,(H,20,24)(H,21,22,23). The molecule has 0 saturated heterocycles. The second kappa shape index (κ2) is 8.25. The summed E-state index contributed by atoms with van der Waals surface area (Å²) in [5.74, 6) is -0.178. The molecule has 0 bridgehead atoms. The van der Waals surface area contributed by atoms with Gasteiger partial charge in [-0.2, -0.15) is 0 Å². The molecule has 2 amide bonds. The van der Waals surface area contributed by atoms with Gasteiger partial charge < -0.3 is 10.6 Å². The van der Waals surface area contributed by atoms with E-state index in [0.717, 1.165) is 43.4 Å². The number of anilines is 1. The summed E-state index contributed by atoms with van der Waals surface area (Å²) < 4.78 is 0. The summed E-state index contributed by atoms with van der Waals surface area (Å²) in [5.41, 5.74) is 3.16. The molecule has 0 aliphatic heterocycles. The van der Waals surface area contributed by atoms with Gasteiger partial charge in [0.1, 0.15) is 0 Å². The van der Waals surface area contributed by atoms with Gasteiger partial charge in [0.2, 0.25) is 11.8 Å². The Bertz CT molecular complexity index is 733. The minimum Gasteiger partial charge on any atom is -0.347 e. The van der Waals surface area contributed by atoms with Gasteiger partial charge in [-0.15, -0.1) is 11.3 Å². The van der Waals surface area contributed by atoms with Crippen LogP contribution in [-0.4, -0.2) is 23.3 Å². The first-order chi connectivity index (χ1) is 12.2. The number of benzene rings is 1. The fourth-order valence-electron chi connectivity index (χ4n) is 3.04. The largest absolute Gasteiger partial charge is 0.347 e. The van der Waals surface area contributed by atoms with E-state index in [1.54, 1.807) is 0 Å². The first kappa shape index (κ1) is 17.6. The average Bonchev–Trinajstić information content (AvgIpc) is 3.32. The van der Waals surface area contributed by atoms with Gasteiger partial charge in [-0.05, 0) is 24.8 Å². The molecule has 5 nitrogen and oxygen atoms in total. The van der Waals surface area contributed by atoms with Crippen LogP contribution in [0.4, 0.5) is 5.13 Å². The maximum atomic E-state index is 12.0. The number of amides is 2. The monoisotopic (exact) mass is 357 g/mol. The summed E-state index contributed by atoms with van der Waals surface area (Å²) in [6, 6.07) is 8.26. The SMILES string of the molecule is CCc1ccc(-c2csc(NC(=O)CNC(=O)C3CCCC3)n2)cc1. The van der Waals surface area contributed by atoms with E-state index < -0.39 is 0 Å². The van der Waals surface area contributed by atoms with Gasteiger partial charge in [-0.3, -0.25) is 9.59 Å². The molecule has 1 fully saturated rings. The third kappa shape index (κ3) is 4.66. The average molecular weight is 357 g/mol. The van der Waals surface area contributed by atoms with E-state index in [2.05, 4.69) is 34.7 Å². The molecule has 1 heterocycles. The van der Waals surface area contributed by atoms with Crippen LogP contribution in [0, 0.1) is 5.92 Å². The van der Waals surface area contributed by atoms with Crippen molar-refractivity contribution in [2.45, 2.75) is 39.0 Å². The Labute approximate surface area is 151 Å². The summed E-state index contributed by atoms with van der Waals surface area (Å²) in [5, 5.41) is 7.95. The van der Waals surface area contributed by atoms with Crippen molar-refractivity contribution in [1.82, 2.24) is 10.3 Å². The van der Waals surface area contributed by atoms with Crippen LogP contribution in [0.25, 0.3) is 11.3 Å². The van der Waals surface area contributed by atoms with E-state index in [0.29, 0.717) is 5.13 Å². The van der Waals surface area contributed by atoms with E-state index in [1.165, 1.54) is 16.9 Å². The van der Waals surface area contributed by atoms with E-state index in [4.69, 9.17) is 0 Å². The number of hydrogen-bond acceptors (Lipinski definition) is 4. The maximum Gasteiger partial charge on any atom is 0.245 e. The Kier molecular flexibility index (Phi) is 5.81. The first-order valence-corrected chi connectivity index (χ1v) is 9.66. The maximum absolute atomic E-state index is 12.0. The number of aromatic nitrogens is 1. The molecule has 0 unspecified atom stereocenters. The van der Waals surface area contributed by atoms with Crippen LogP contribution in [0.3, 0.4) is 0 Å². The van der Waals surface area contributed by atoms with Crippen LogP contribution in [0.2, 0.25) is 0 Å².